The normalized spacial score (nSPS) is 10.3. The van der Waals surface area contributed by atoms with Gasteiger partial charge in [0.2, 0.25) is 5.82 Å². The molecule has 0 aliphatic heterocycles. The van der Waals surface area contributed by atoms with Crippen molar-refractivity contribution in [1.29, 1.82) is 0 Å². The number of anilines is 1. The second kappa shape index (κ2) is 5.45. The fourth-order valence-corrected chi connectivity index (χ4v) is 3.11. The molecule has 0 saturated heterocycles. The van der Waals surface area contributed by atoms with Gasteiger partial charge >= 0.3 is 5.69 Å². The molecule has 18 heavy (non-hydrogen) atoms. The molecule has 2 rings (SSSR count). The lowest BCUT2D eigenvalue weighted by Gasteiger charge is -2.16. The number of pyridine rings is 1. The molecule has 0 unspecified atom stereocenters. The number of halogens is 1. The molecule has 0 radical (unpaired) electrons. The number of nitrogens with zero attached hydrogens (tertiary/aromatic N) is 3. The van der Waals surface area contributed by atoms with E-state index in [0.29, 0.717) is 12.4 Å². The number of hydrogen-bond donors (Lipinski definition) is 0. The maximum atomic E-state index is 10.9. The summed E-state index contributed by atoms with van der Waals surface area (Å²) in [5.41, 5.74) is 0.0237. The van der Waals surface area contributed by atoms with Crippen LogP contribution >= 0.6 is 27.3 Å². The number of hydrogen-bond acceptors (Lipinski definition) is 5. The Morgan fingerprint density at radius 2 is 2.28 bits per heavy atom. The molecule has 2 heterocycles. The van der Waals surface area contributed by atoms with Crippen molar-refractivity contribution in [2.45, 2.75) is 6.54 Å². The van der Waals surface area contributed by atoms with Gasteiger partial charge in [0.25, 0.3) is 0 Å². The lowest BCUT2D eigenvalue weighted by molar-refractivity contribution is -0.384. The van der Waals surface area contributed by atoms with Gasteiger partial charge in [0.05, 0.1) is 15.3 Å². The summed E-state index contributed by atoms with van der Waals surface area (Å²) in [4.78, 5) is 17.5. The summed E-state index contributed by atoms with van der Waals surface area (Å²) in [6.07, 6.45) is 1.56. The number of thiophene rings is 1. The van der Waals surface area contributed by atoms with Gasteiger partial charge in [-0.05, 0) is 34.1 Å². The van der Waals surface area contributed by atoms with Gasteiger partial charge < -0.3 is 4.90 Å². The van der Waals surface area contributed by atoms with E-state index >= 15 is 0 Å². The van der Waals surface area contributed by atoms with Crippen molar-refractivity contribution < 1.29 is 4.92 Å². The molecule has 0 atom stereocenters. The Labute approximate surface area is 116 Å². The predicted octanol–water partition coefficient (Wildman–Crippen LogP) is 3.45. The van der Waals surface area contributed by atoms with E-state index < -0.39 is 4.92 Å². The van der Waals surface area contributed by atoms with Crippen molar-refractivity contribution in [3.05, 3.63) is 49.2 Å². The highest BCUT2D eigenvalue weighted by Crippen LogP contribution is 2.28. The molecule has 94 valence electrons. The molecule has 0 aliphatic rings. The van der Waals surface area contributed by atoms with E-state index in [2.05, 4.69) is 20.9 Å². The first kappa shape index (κ1) is 13.0. The maximum Gasteiger partial charge on any atom is 0.311 e. The van der Waals surface area contributed by atoms with E-state index in [4.69, 9.17) is 0 Å². The highest BCUT2D eigenvalue weighted by molar-refractivity contribution is 9.11. The average molecular weight is 328 g/mol. The molecule has 0 spiro atoms. The SMILES string of the molecule is CN(Cc1ccc(Br)s1)c1ncccc1[N+](=O)[O-]. The van der Waals surface area contributed by atoms with Gasteiger partial charge in [0.15, 0.2) is 0 Å². The minimum absolute atomic E-state index is 0.0237. The molecule has 0 aromatic carbocycles. The van der Waals surface area contributed by atoms with E-state index in [1.165, 1.54) is 6.07 Å². The zero-order chi connectivity index (χ0) is 13.1. The second-order valence-corrected chi connectivity index (χ2v) is 6.21. The first-order valence-electron chi connectivity index (χ1n) is 5.12. The van der Waals surface area contributed by atoms with E-state index in [9.17, 15) is 10.1 Å². The van der Waals surface area contributed by atoms with Crippen LogP contribution < -0.4 is 4.90 Å². The number of aromatic nitrogens is 1. The standard InChI is InChI=1S/C11H10BrN3O2S/c1-14(7-8-4-5-10(12)18-8)11-9(15(16)17)3-2-6-13-11/h2-6H,7H2,1H3. The molecular formula is C11H10BrN3O2S. The van der Waals surface area contributed by atoms with Gasteiger partial charge in [-0.1, -0.05) is 0 Å². The summed E-state index contributed by atoms with van der Waals surface area (Å²) < 4.78 is 1.04. The van der Waals surface area contributed by atoms with Crippen molar-refractivity contribution in [3.8, 4) is 0 Å². The van der Waals surface area contributed by atoms with E-state index in [1.807, 2.05) is 12.1 Å². The third-order valence-corrected chi connectivity index (χ3v) is 3.95. The predicted molar refractivity (Wildman–Crippen MR) is 75.0 cm³/mol. The van der Waals surface area contributed by atoms with Crippen LogP contribution in [0.25, 0.3) is 0 Å². The van der Waals surface area contributed by atoms with E-state index in [0.717, 1.165) is 8.66 Å². The van der Waals surface area contributed by atoms with Crippen LogP contribution in [0.15, 0.2) is 34.2 Å². The minimum Gasteiger partial charge on any atom is -0.349 e. The van der Waals surface area contributed by atoms with Crippen molar-refractivity contribution in [3.63, 3.8) is 0 Å². The van der Waals surface area contributed by atoms with Crippen LogP contribution in [0.3, 0.4) is 0 Å². The van der Waals surface area contributed by atoms with Gasteiger partial charge in [-0.3, -0.25) is 10.1 Å². The highest BCUT2D eigenvalue weighted by atomic mass is 79.9. The van der Waals surface area contributed by atoms with Crippen molar-refractivity contribution in [2.75, 3.05) is 11.9 Å². The molecular weight excluding hydrogens is 318 g/mol. The Bertz CT molecular complexity index is 573. The molecule has 0 amide bonds. The highest BCUT2D eigenvalue weighted by Gasteiger charge is 2.18. The Morgan fingerprint density at radius 1 is 1.50 bits per heavy atom. The lowest BCUT2D eigenvalue weighted by atomic mass is 10.3. The molecule has 0 saturated carbocycles. The zero-order valence-corrected chi connectivity index (χ0v) is 11.9. The smallest absolute Gasteiger partial charge is 0.311 e. The first-order chi connectivity index (χ1) is 8.58. The monoisotopic (exact) mass is 327 g/mol. The molecule has 0 bridgehead atoms. The topological polar surface area (TPSA) is 59.3 Å². The molecule has 0 aliphatic carbocycles. The van der Waals surface area contributed by atoms with Crippen LogP contribution in [-0.2, 0) is 6.54 Å². The summed E-state index contributed by atoms with van der Waals surface area (Å²) in [5.74, 6) is 0.382. The Kier molecular flexibility index (Phi) is 3.93. The van der Waals surface area contributed by atoms with Crippen molar-refractivity contribution >= 4 is 38.8 Å². The van der Waals surface area contributed by atoms with Gasteiger partial charge in [-0.2, -0.15) is 0 Å². The van der Waals surface area contributed by atoms with Crippen LogP contribution in [0, 0.1) is 10.1 Å². The molecule has 0 fully saturated rings. The molecule has 0 N–H and O–H groups in total. The lowest BCUT2D eigenvalue weighted by Crippen LogP contribution is -2.18. The molecule has 2 aromatic rings. The number of nitro groups is 1. The quantitative estimate of drug-likeness (QED) is 0.637. The summed E-state index contributed by atoms with van der Waals surface area (Å²) >= 11 is 4.99. The summed E-state index contributed by atoms with van der Waals surface area (Å²) in [6.45, 7) is 0.591. The summed E-state index contributed by atoms with van der Waals surface area (Å²) in [5, 5.41) is 10.9. The van der Waals surface area contributed by atoms with Crippen molar-refractivity contribution in [2.24, 2.45) is 0 Å². The number of rotatable bonds is 4. The Hall–Kier alpha value is -1.47. The van der Waals surface area contributed by atoms with E-state index in [1.54, 1.807) is 35.5 Å². The van der Waals surface area contributed by atoms with Gasteiger partial charge in [-0.25, -0.2) is 4.98 Å². The molecule has 5 nitrogen and oxygen atoms in total. The Morgan fingerprint density at radius 3 is 2.89 bits per heavy atom. The minimum atomic E-state index is -0.414. The van der Waals surface area contributed by atoms with Crippen LogP contribution in [0.2, 0.25) is 0 Å². The van der Waals surface area contributed by atoms with Crippen LogP contribution in [-0.4, -0.2) is 17.0 Å². The molecule has 2 aromatic heterocycles. The summed E-state index contributed by atoms with van der Waals surface area (Å²) in [6, 6.07) is 6.97. The fraction of sp³-hybridized carbons (Fsp3) is 0.182. The van der Waals surface area contributed by atoms with Crippen LogP contribution in [0.4, 0.5) is 11.5 Å². The zero-order valence-electron chi connectivity index (χ0n) is 9.54. The third kappa shape index (κ3) is 2.85. The third-order valence-electron chi connectivity index (χ3n) is 2.35. The Balaban J connectivity index is 2.23. The van der Waals surface area contributed by atoms with Gasteiger partial charge in [-0.15, -0.1) is 11.3 Å². The van der Waals surface area contributed by atoms with Gasteiger partial charge in [0, 0.05) is 24.2 Å². The van der Waals surface area contributed by atoms with Crippen LogP contribution in [0.1, 0.15) is 4.88 Å². The van der Waals surface area contributed by atoms with Gasteiger partial charge in [0.1, 0.15) is 0 Å². The maximum absolute atomic E-state index is 10.9. The summed E-state index contributed by atoms with van der Waals surface area (Å²) in [7, 11) is 1.79. The average Bonchev–Trinajstić information content (AvgIpc) is 2.74. The van der Waals surface area contributed by atoms with E-state index in [-0.39, 0.29) is 5.69 Å². The van der Waals surface area contributed by atoms with Crippen molar-refractivity contribution in [1.82, 2.24) is 4.98 Å². The fourth-order valence-electron chi connectivity index (χ4n) is 1.57. The largest absolute Gasteiger partial charge is 0.349 e. The second-order valence-electron chi connectivity index (χ2n) is 3.67. The van der Waals surface area contributed by atoms with Crippen LogP contribution in [0.5, 0.6) is 0 Å². The first-order valence-corrected chi connectivity index (χ1v) is 6.73. The molecule has 7 heteroatoms.